The predicted octanol–water partition coefficient (Wildman–Crippen LogP) is 2.54. The van der Waals surface area contributed by atoms with Gasteiger partial charge in [0.1, 0.15) is 0 Å². The van der Waals surface area contributed by atoms with Crippen molar-refractivity contribution in [2.75, 3.05) is 20.7 Å². The van der Waals surface area contributed by atoms with Crippen molar-refractivity contribution in [2.24, 2.45) is 0 Å². The van der Waals surface area contributed by atoms with Crippen molar-refractivity contribution in [1.82, 2.24) is 10.2 Å². The minimum Gasteiger partial charge on any atom is -0.440 e. The molecule has 0 spiro atoms. The van der Waals surface area contributed by atoms with E-state index in [9.17, 15) is 18.0 Å². The van der Waals surface area contributed by atoms with Crippen LogP contribution in [0.1, 0.15) is 11.1 Å². The summed E-state index contributed by atoms with van der Waals surface area (Å²) in [4.78, 5) is 13.1. The van der Waals surface area contributed by atoms with Crippen LogP contribution in [0.15, 0.2) is 24.3 Å². The Hall–Kier alpha value is -1.76. The highest BCUT2D eigenvalue weighted by Gasteiger charge is 2.29. The molecule has 0 aliphatic heterocycles. The highest BCUT2D eigenvalue weighted by Crippen LogP contribution is 2.14. The van der Waals surface area contributed by atoms with Gasteiger partial charge in [-0.1, -0.05) is 24.3 Å². The van der Waals surface area contributed by atoms with Crippen molar-refractivity contribution in [3.63, 3.8) is 0 Å². The zero-order valence-electron chi connectivity index (χ0n) is 11.3. The first-order valence-electron chi connectivity index (χ1n) is 5.97. The van der Waals surface area contributed by atoms with Crippen molar-refractivity contribution in [3.8, 4) is 0 Å². The Balaban J connectivity index is 2.51. The van der Waals surface area contributed by atoms with E-state index in [4.69, 9.17) is 0 Å². The first-order valence-corrected chi connectivity index (χ1v) is 5.97. The van der Waals surface area contributed by atoms with Gasteiger partial charge in [-0.25, -0.2) is 4.79 Å². The Labute approximate surface area is 115 Å². The third kappa shape index (κ3) is 6.42. The van der Waals surface area contributed by atoms with Crippen molar-refractivity contribution < 1.29 is 22.7 Å². The lowest BCUT2D eigenvalue weighted by molar-refractivity contribution is -0.160. The van der Waals surface area contributed by atoms with E-state index in [1.165, 1.54) is 0 Å². The van der Waals surface area contributed by atoms with E-state index in [0.717, 1.165) is 11.1 Å². The van der Waals surface area contributed by atoms with Gasteiger partial charge in [0.2, 0.25) is 0 Å². The summed E-state index contributed by atoms with van der Waals surface area (Å²) in [5, 5.41) is 2.31. The highest BCUT2D eigenvalue weighted by atomic mass is 19.4. The maximum Gasteiger partial charge on any atom is 0.422 e. The lowest BCUT2D eigenvalue weighted by Gasteiger charge is -2.15. The number of nitrogens with zero attached hydrogens (tertiary/aromatic N) is 1. The fraction of sp³-hybridized carbons (Fsp3) is 0.462. The second kappa shape index (κ2) is 7.14. The molecule has 0 saturated heterocycles. The number of halogens is 3. The van der Waals surface area contributed by atoms with Gasteiger partial charge in [-0.15, -0.1) is 0 Å². The fourth-order valence-corrected chi connectivity index (χ4v) is 1.59. The van der Waals surface area contributed by atoms with Crippen LogP contribution >= 0.6 is 0 Å². The van der Waals surface area contributed by atoms with Gasteiger partial charge in [0.15, 0.2) is 6.61 Å². The Morgan fingerprint density at radius 3 is 2.40 bits per heavy atom. The molecule has 0 aromatic heterocycles. The van der Waals surface area contributed by atoms with Crippen LogP contribution in [0.5, 0.6) is 0 Å². The van der Waals surface area contributed by atoms with E-state index in [2.05, 4.69) is 10.1 Å². The van der Waals surface area contributed by atoms with Gasteiger partial charge in [-0.05, 0) is 25.2 Å². The molecule has 0 fully saturated rings. The third-order valence-electron chi connectivity index (χ3n) is 2.40. The minimum absolute atomic E-state index is 0.126. The monoisotopic (exact) mass is 290 g/mol. The van der Waals surface area contributed by atoms with E-state index >= 15 is 0 Å². The van der Waals surface area contributed by atoms with Gasteiger partial charge in [-0.3, -0.25) is 0 Å². The summed E-state index contributed by atoms with van der Waals surface area (Å²) in [6.07, 6.45) is -5.60. The molecule has 1 rings (SSSR count). The average Bonchev–Trinajstić information content (AvgIpc) is 2.34. The molecule has 0 radical (unpaired) electrons. The molecule has 20 heavy (non-hydrogen) atoms. The summed E-state index contributed by atoms with van der Waals surface area (Å²) < 4.78 is 39.7. The normalized spacial score (nSPS) is 11.5. The molecule has 0 bridgehead atoms. The quantitative estimate of drug-likeness (QED) is 0.906. The average molecular weight is 290 g/mol. The molecule has 0 atom stereocenters. The number of rotatable bonds is 5. The van der Waals surface area contributed by atoms with Crippen LogP contribution in [0.2, 0.25) is 0 Å². The maximum atomic E-state index is 11.9. The lowest BCUT2D eigenvalue weighted by Crippen LogP contribution is -2.29. The summed E-state index contributed by atoms with van der Waals surface area (Å²) in [7, 11) is 3.81. The zero-order valence-corrected chi connectivity index (χ0v) is 11.3. The number of nitrogens with one attached hydrogen (secondary N) is 1. The van der Waals surface area contributed by atoms with Crippen molar-refractivity contribution in [2.45, 2.75) is 19.3 Å². The van der Waals surface area contributed by atoms with E-state index < -0.39 is 18.9 Å². The van der Waals surface area contributed by atoms with Crippen LogP contribution in [-0.4, -0.2) is 37.9 Å². The molecule has 0 unspecified atom stereocenters. The smallest absolute Gasteiger partial charge is 0.422 e. The van der Waals surface area contributed by atoms with Gasteiger partial charge < -0.3 is 15.0 Å². The van der Waals surface area contributed by atoms with Crippen LogP contribution in [0.4, 0.5) is 18.0 Å². The molecule has 112 valence electrons. The standard InChI is InChI=1S/C13H17F3N2O2/c1-18(2)8-11-6-4-3-5-10(11)7-17-12(19)20-9-13(14,15)16/h3-6H,7-9H2,1-2H3,(H,17,19). The molecular weight excluding hydrogens is 273 g/mol. The fourth-order valence-electron chi connectivity index (χ4n) is 1.59. The largest absolute Gasteiger partial charge is 0.440 e. The number of alkyl carbamates (subject to hydrolysis) is 1. The number of carbonyl (C=O) groups excluding carboxylic acids is 1. The summed E-state index contributed by atoms with van der Waals surface area (Å²) >= 11 is 0. The van der Waals surface area contributed by atoms with E-state index in [1.807, 2.05) is 37.2 Å². The molecule has 0 aliphatic carbocycles. The summed E-state index contributed by atoms with van der Waals surface area (Å²) in [6, 6.07) is 7.38. The third-order valence-corrected chi connectivity index (χ3v) is 2.40. The molecule has 4 nitrogen and oxygen atoms in total. The zero-order chi connectivity index (χ0) is 15.2. The molecular formula is C13H17F3N2O2. The Morgan fingerprint density at radius 1 is 1.25 bits per heavy atom. The first-order chi connectivity index (χ1) is 9.28. The molecule has 1 N–H and O–H groups in total. The molecule has 0 aliphatic rings. The number of ether oxygens (including phenoxy) is 1. The van der Waals surface area contributed by atoms with Gasteiger partial charge in [0.05, 0.1) is 0 Å². The topological polar surface area (TPSA) is 41.6 Å². The first kappa shape index (κ1) is 16.3. The second-order valence-electron chi connectivity index (χ2n) is 4.55. The Morgan fingerprint density at radius 2 is 1.85 bits per heavy atom. The number of hydrogen-bond donors (Lipinski definition) is 1. The SMILES string of the molecule is CN(C)Cc1ccccc1CNC(=O)OCC(F)(F)F. The Kier molecular flexibility index (Phi) is 5.82. The van der Waals surface area contributed by atoms with Crippen molar-refractivity contribution in [3.05, 3.63) is 35.4 Å². The minimum atomic E-state index is -4.51. The van der Waals surface area contributed by atoms with Crippen LogP contribution < -0.4 is 5.32 Å². The summed E-state index contributed by atoms with van der Waals surface area (Å²) in [6.45, 7) is -0.783. The van der Waals surface area contributed by atoms with Crippen LogP contribution in [0.25, 0.3) is 0 Å². The molecule has 1 aromatic rings. The van der Waals surface area contributed by atoms with Crippen LogP contribution in [-0.2, 0) is 17.8 Å². The van der Waals surface area contributed by atoms with Gasteiger partial charge in [-0.2, -0.15) is 13.2 Å². The number of alkyl halides is 3. The van der Waals surface area contributed by atoms with Crippen molar-refractivity contribution in [1.29, 1.82) is 0 Å². The number of benzene rings is 1. The maximum absolute atomic E-state index is 11.9. The molecule has 1 aromatic carbocycles. The van der Waals surface area contributed by atoms with E-state index in [0.29, 0.717) is 6.54 Å². The summed E-state index contributed by atoms with van der Waals surface area (Å²) in [5.41, 5.74) is 1.83. The number of hydrogen-bond acceptors (Lipinski definition) is 3. The van der Waals surface area contributed by atoms with Crippen LogP contribution in [0, 0.1) is 0 Å². The molecule has 1 amide bonds. The lowest BCUT2D eigenvalue weighted by atomic mass is 10.1. The van der Waals surface area contributed by atoms with E-state index in [-0.39, 0.29) is 6.54 Å². The van der Waals surface area contributed by atoms with E-state index in [1.54, 1.807) is 6.07 Å². The van der Waals surface area contributed by atoms with Crippen LogP contribution in [0.3, 0.4) is 0 Å². The van der Waals surface area contributed by atoms with Gasteiger partial charge >= 0.3 is 12.3 Å². The summed E-state index contributed by atoms with van der Waals surface area (Å²) in [5.74, 6) is 0. The van der Waals surface area contributed by atoms with Gasteiger partial charge in [0, 0.05) is 13.1 Å². The molecule has 0 saturated carbocycles. The van der Waals surface area contributed by atoms with Crippen molar-refractivity contribution >= 4 is 6.09 Å². The van der Waals surface area contributed by atoms with Gasteiger partial charge in [0.25, 0.3) is 0 Å². The molecule has 7 heteroatoms. The second-order valence-corrected chi connectivity index (χ2v) is 4.55. The number of amides is 1. The molecule has 0 heterocycles. The Bertz CT molecular complexity index is 447. The highest BCUT2D eigenvalue weighted by molar-refractivity contribution is 5.67. The predicted molar refractivity (Wildman–Crippen MR) is 68.1 cm³/mol. The number of carbonyl (C=O) groups is 1.